The van der Waals surface area contributed by atoms with Crippen molar-refractivity contribution in [2.24, 2.45) is 0 Å². The summed E-state index contributed by atoms with van der Waals surface area (Å²) in [4.78, 5) is 2.92. The van der Waals surface area contributed by atoms with E-state index >= 15 is 0 Å². The molecule has 3 heteroatoms. The van der Waals surface area contributed by atoms with Crippen LogP contribution < -0.4 is 4.74 Å². The summed E-state index contributed by atoms with van der Waals surface area (Å²) in [5, 5.41) is 2.69. The Kier molecular flexibility index (Phi) is 4.35. The van der Waals surface area contributed by atoms with Crippen LogP contribution >= 0.6 is 11.3 Å². The summed E-state index contributed by atoms with van der Waals surface area (Å²) in [6, 6.07) is 6.40. The molecule has 0 aliphatic carbocycles. The van der Waals surface area contributed by atoms with Crippen LogP contribution in [0.4, 0.5) is 0 Å². The Balaban J connectivity index is 2.76. The molecule has 0 aliphatic rings. The first-order valence-corrected chi connectivity index (χ1v) is 8.37. The van der Waals surface area contributed by atoms with Crippen molar-refractivity contribution in [2.45, 2.75) is 58.8 Å². The third kappa shape index (κ3) is 3.08. The molecule has 0 bridgehead atoms. The maximum absolute atomic E-state index is 5.47. The Morgan fingerprint density at radius 2 is 1.76 bits per heavy atom. The molecule has 0 radical (unpaired) electrons. The molecular formula is C18H25BOS. The van der Waals surface area contributed by atoms with Crippen LogP contribution in [0.5, 0.6) is 5.75 Å². The van der Waals surface area contributed by atoms with Gasteiger partial charge in [0.2, 0.25) is 0 Å². The van der Waals surface area contributed by atoms with Crippen molar-refractivity contribution in [3.05, 3.63) is 28.0 Å². The Bertz CT molecular complexity index is 662. The molecule has 1 aromatic heterocycles. The molecule has 112 valence electrons. The van der Waals surface area contributed by atoms with Gasteiger partial charge in [-0.05, 0) is 0 Å². The Labute approximate surface area is 133 Å². The fourth-order valence-electron chi connectivity index (χ4n) is 2.51. The first-order valence-electron chi connectivity index (χ1n) is 7.56. The van der Waals surface area contributed by atoms with Gasteiger partial charge in [0.25, 0.3) is 0 Å². The summed E-state index contributed by atoms with van der Waals surface area (Å²) < 4.78 is 5.47. The van der Waals surface area contributed by atoms with Gasteiger partial charge in [-0.25, -0.2) is 0 Å². The second-order valence-electron chi connectivity index (χ2n) is 7.24. The predicted octanol–water partition coefficient (Wildman–Crippen LogP) is 4.93. The van der Waals surface area contributed by atoms with E-state index in [1.807, 2.05) is 17.4 Å². The van der Waals surface area contributed by atoms with Gasteiger partial charge < -0.3 is 0 Å². The number of benzene rings is 1. The second-order valence-corrected chi connectivity index (χ2v) is 8.26. The van der Waals surface area contributed by atoms with Gasteiger partial charge in [0.1, 0.15) is 0 Å². The average Bonchev–Trinajstić information content (AvgIpc) is 2.78. The van der Waals surface area contributed by atoms with Gasteiger partial charge in [-0.3, -0.25) is 0 Å². The van der Waals surface area contributed by atoms with E-state index in [1.165, 1.54) is 26.7 Å². The zero-order valence-electron chi connectivity index (χ0n) is 14.0. The molecule has 0 atom stereocenters. The van der Waals surface area contributed by atoms with Crippen LogP contribution in [0, 0.1) is 0 Å². The summed E-state index contributed by atoms with van der Waals surface area (Å²) in [7, 11) is 3.65. The van der Waals surface area contributed by atoms with Crippen molar-refractivity contribution in [1.29, 1.82) is 0 Å². The molecule has 21 heavy (non-hydrogen) atoms. The molecule has 1 heterocycles. The summed E-state index contributed by atoms with van der Waals surface area (Å²) in [6.07, 6.45) is 2.62. The fraction of sp³-hybridized carbons (Fsp3) is 0.500. The van der Waals surface area contributed by atoms with Crippen molar-refractivity contribution >= 4 is 35.7 Å². The average molecular weight is 300 g/mol. The van der Waals surface area contributed by atoms with Crippen LogP contribution in [0.3, 0.4) is 0 Å². The van der Waals surface area contributed by atoms with Gasteiger partial charge in [0.05, 0.1) is 0 Å². The number of hydrogen-bond donors (Lipinski definition) is 0. The third-order valence-electron chi connectivity index (χ3n) is 4.08. The van der Waals surface area contributed by atoms with Crippen molar-refractivity contribution < 1.29 is 4.74 Å². The van der Waals surface area contributed by atoms with E-state index < -0.39 is 0 Å². The van der Waals surface area contributed by atoms with Crippen molar-refractivity contribution in [2.75, 3.05) is 0 Å². The molecule has 0 fully saturated rings. The number of ether oxygens (including phenoxy) is 1. The summed E-state index contributed by atoms with van der Waals surface area (Å²) in [6.45, 7) is 13.8. The van der Waals surface area contributed by atoms with Gasteiger partial charge in [0.15, 0.2) is 0 Å². The Morgan fingerprint density at radius 1 is 1.10 bits per heavy atom. The van der Waals surface area contributed by atoms with Crippen LogP contribution in [0.25, 0.3) is 10.8 Å². The third-order valence-corrected chi connectivity index (χ3v) is 6.10. The molecule has 2 aromatic rings. The minimum absolute atomic E-state index is 0.137. The van der Waals surface area contributed by atoms with Gasteiger partial charge in [-0.1, -0.05) is 0 Å². The molecule has 0 amide bonds. The quantitative estimate of drug-likeness (QED) is 0.728. The van der Waals surface area contributed by atoms with E-state index in [2.05, 4.69) is 61.2 Å². The zero-order chi connectivity index (χ0) is 15.8. The first kappa shape index (κ1) is 16.3. The van der Waals surface area contributed by atoms with Gasteiger partial charge in [0, 0.05) is 0 Å². The van der Waals surface area contributed by atoms with E-state index in [4.69, 9.17) is 4.74 Å². The van der Waals surface area contributed by atoms with Crippen LogP contribution in [0.15, 0.2) is 18.2 Å². The van der Waals surface area contributed by atoms with Crippen LogP contribution in [0.2, 0.25) is 0 Å². The number of hydrogen-bond acceptors (Lipinski definition) is 2. The van der Waals surface area contributed by atoms with E-state index in [-0.39, 0.29) is 10.8 Å². The topological polar surface area (TPSA) is 9.23 Å². The van der Waals surface area contributed by atoms with Crippen molar-refractivity contribution in [1.82, 2.24) is 0 Å². The molecule has 2 rings (SSSR count). The molecule has 0 N–H and O–H groups in total. The second kappa shape index (κ2) is 5.60. The monoisotopic (exact) mass is 300 g/mol. The summed E-state index contributed by atoms with van der Waals surface area (Å²) in [5.41, 5.74) is 0.338. The Morgan fingerprint density at radius 3 is 2.29 bits per heavy atom. The van der Waals surface area contributed by atoms with E-state index in [0.29, 0.717) is 0 Å². The molecule has 0 saturated carbocycles. The van der Waals surface area contributed by atoms with E-state index in [9.17, 15) is 0 Å². The zero-order valence-corrected chi connectivity index (χ0v) is 14.9. The van der Waals surface area contributed by atoms with E-state index in [1.54, 1.807) is 0 Å². The molecule has 0 spiro atoms. The minimum atomic E-state index is 0.137. The molecule has 1 nitrogen and oxygen atoms in total. The predicted molar refractivity (Wildman–Crippen MR) is 97.7 cm³/mol. The first-order chi connectivity index (χ1) is 9.70. The van der Waals surface area contributed by atoms with Gasteiger partial charge in [-0.15, -0.1) is 0 Å². The molecule has 0 aliphatic heterocycles. The van der Waals surface area contributed by atoms with E-state index in [0.717, 1.165) is 12.2 Å². The summed E-state index contributed by atoms with van der Waals surface area (Å²) >= 11 is 1.96. The molecule has 0 unspecified atom stereocenters. The standard InChI is InChI=1S/C18H25BOS/c1-7-18(5,6)16-13-9-8-12(20-11-19)10-14(13)15(21-16)17(2,3)4/h8-11,19H,7H2,1-6H3. The number of fused-ring (bicyclic) bond motifs is 1. The maximum atomic E-state index is 5.47. The fourth-order valence-corrected chi connectivity index (χ4v) is 4.01. The molecule has 1 aromatic carbocycles. The summed E-state index contributed by atoms with van der Waals surface area (Å²) in [5.74, 6) is 0.863. The van der Waals surface area contributed by atoms with Crippen LogP contribution in [-0.4, -0.2) is 13.6 Å². The van der Waals surface area contributed by atoms with Crippen LogP contribution in [-0.2, 0) is 10.8 Å². The Hall–Kier alpha value is -1.09. The number of rotatable bonds is 4. The van der Waals surface area contributed by atoms with Crippen molar-refractivity contribution in [3.63, 3.8) is 0 Å². The normalized spacial score (nSPS) is 12.6. The van der Waals surface area contributed by atoms with Crippen LogP contribution in [0.1, 0.15) is 57.7 Å². The number of thiophene rings is 1. The van der Waals surface area contributed by atoms with Gasteiger partial charge in [-0.2, -0.15) is 0 Å². The van der Waals surface area contributed by atoms with Crippen molar-refractivity contribution in [3.8, 4) is 5.75 Å². The van der Waals surface area contributed by atoms with Gasteiger partial charge >= 0.3 is 133 Å². The SMILES string of the molecule is B=COc1ccc2c(C(C)(C)CC)sc(C(C)(C)C)c2c1. The molecule has 0 saturated heterocycles. The molecular weight excluding hydrogens is 275 g/mol.